The molecule has 0 aromatic rings. The van der Waals surface area contributed by atoms with Crippen LogP contribution in [0.5, 0.6) is 0 Å². The number of nitrogens with one attached hydrogen (secondary N) is 1. The summed E-state index contributed by atoms with van der Waals surface area (Å²) in [5, 5.41) is 10.5. The predicted molar refractivity (Wildman–Crippen MR) is 30.4 cm³/mol. The SMILES string of the molecule is CC(=O)NC([C]=O)CO. The highest BCUT2D eigenvalue weighted by molar-refractivity contribution is 5.77. The number of carbonyl (C=O) groups is 1. The van der Waals surface area contributed by atoms with Crippen LogP contribution in [-0.2, 0) is 9.59 Å². The van der Waals surface area contributed by atoms with E-state index < -0.39 is 12.6 Å². The summed E-state index contributed by atoms with van der Waals surface area (Å²) in [6, 6.07) is -0.873. The Hall–Kier alpha value is -0.900. The van der Waals surface area contributed by atoms with Crippen LogP contribution in [0, 0.1) is 0 Å². The van der Waals surface area contributed by atoms with Gasteiger partial charge >= 0.3 is 0 Å². The molecule has 0 aliphatic heterocycles. The smallest absolute Gasteiger partial charge is 0.225 e. The molecule has 0 fully saturated rings. The summed E-state index contributed by atoms with van der Waals surface area (Å²) in [5.41, 5.74) is 0. The predicted octanol–water partition coefficient (Wildman–Crippen LogP) is -1.41. The number of aliphatic hydroxyl groups excluding tert-OH is 1. The van der Waals surface area contributed by atoms with Crippen molar-refractivity contribution in [2.24, 2.45) is 0 Å². The van der Waals surface area contributed by atoms with E-state index in [0.29, 0.717) is 0 Å². The van der Waals surface area contributed by atoms with Gasteiger partial charge in [0, 0.05) is 6.92 Å². The van der Waals surface area contributed by atoms with Gasteiger partial charge in [0.2, 0.25) is 12.2 Å². The Morgan fingerprint density at radius 3 is 2.56 bits per heavy atom. The molecular weight excluding hydrogens is 122 g/mol. The summed E-state index contributed by atoms with van der Waals surface area (Å²) in [6.45, 7) is 0.864. The largest absolute Gasteiger partial charge is 0.394 e. The lowest BCUT2D eigenvalue weighted by atomic mass is 10.3. The summed E-state index contributed by atoms with van der Waals surface area (Å²) in [6.07, 6.45) is 1.45. The molecule has 4 heteroatoms. The first kappa shape index (κ1) is 8.10. The van der Waals surface area contributed by atoms with Crippen molar-refractivity contribution in [2.45, 2.75) is 13.0 Å². The van der Waals surface area contributed by atoms with Crippen molar-refractivity contribution >= 4 is 12.2 Å². The molecule has 0 bridgehead atoms. The molecule has 0 saturated heterocycles. The van der Waals surface area contributed by atoms with Crippen molar-refractivity contribution in [3.05, 3.63) is 0 Å². The lowest BCUT2D eigenvalue weighted by Gasteiger charge is -2.04. The van der Waals surface area contributed by atoms with E-state index in [9.17, 15) is 9.59 Å². The Bertz CT molecular complexity index is 113. The Labute approximate surface area is 52.9 Å². The lowest BCUT2D eigenvalue weighted by Crippen LogP contribution is -2.36. The normalized spacial score (nSPS) is 12.2. The summed E-state index contributed by atoms with van der Waals surface area (Å²) in [4.78, 5) is 19.9. The number of carbonyl (C=O) groups excluding carboxylic acids is 2. The average molecular weight is 130 g/mol. The molecule has 9 heavy (non-hydrogen) atoms. The number of rotatable bonds is 3. The van der Waals surface area contributed by atoms with E-state index in [2.05, 4.69) is 5.32 Å². The van der Waals surface area contributed by atoms with Gasteiger partial charge in [0.1, 0.15) is 6.04 Å². The quantitative estimate of drug-likeness (QED) is 0.493. The van der Waals surface area contributed by atoms with Gasteiger partial charge in [-0.15, -0.1) is 0 Å². The summed E-state index contributed by atoms with van der Waals surface area (Å²) >= 11 is 0. The van der Waals surface area contributed by atoms with Crippen molar-refractivity contribution in [1.82, 2.24) is 5.32 Å². The third-order valence-electron chi connectivity index (χ3n) is 0.702. The lowest BCUT2D eigenvalue weighted by molar-refractivity contribution is -0.119. The second-order valence-corrected chi connectivity index (χ2v) is 1.55. The average Bonchev–Trinajstić information content (AvgIpc) is 1.82. The summed E-state index contributed by atoms with van der Waals surface area (Å²) < 4.78 is 0. The van der Waals surface area contributed by atoms with Crippen LogP contribution in [0.4, 0.5) is 0 Å². The van der Waals surface area contributed by atoms with Gasteiger partial charge in [-0.25, -0.2) is 0 Å². The first-order valence-electron chi connectivity index (χ1n) is 2.46. The first-order chi connectivity index (χ1) is 4.20. The minimum Gasteiger partial charge on any atom is -0.394 e. The number of aliphatic hydroxyl groups is 1. The number of hydrogen-bond donors (Lipinski definition) is 2. The second kappa shape index (κ2) is 4.03. The van der Waals surface area contributed by atoms with Crippen LogP contribution in [0.2, 0.25) is 0 Å². The van der Waals surface area contributed by atoms with E-state index in [1.54, 1.807) is 0 Å². The fourth-order valence-corrected chi connectivity index (χ4v) is 0.358. The van der Waals surface area contributed by atoms with Crippen LogP contribution in [0.3, 0.4) is 0 Å². The van der Waals surface area contributed by atoms with Crippen molar-refractivity contribution in [3.63, 3.8) is 0 Å². The fourth-order valence-electron chi connectivity index (χ4n) is 0.358. The molecule has 0 aliphatic rings. The third-order valence-corrected chi connectivity index (χ3v) is 0.702. The van der Waals surface area contributed by atoms with Crippen molar-refractivity contribution in [2.75, 3.05) is 6.61 Å². The monoisotopic (exact) mass is 130 g/mol. The molecule has 0 heterocycles. The van der Waals surface area contributed by atoms with Gasteiger partial charge in [0.15, 0.2) is 0 Å². The van der Waals surface area contributed by atoms with Crippen LogP contribution in [0.1, 0.15) is 6.92 Å². The standard InChI is InChI=1S/C5H8NO3/c1-4(9)6-5(2-7)3-8/h5,7H,2H2,1H3,(H,6,9). The molecule has 1 amide bonds. The van der Waals surface area contributed by atoms with E-state index in [1.165, 1.54) is 13.2 Å². The molecule has 1 radical (unpaired) electrons. The maximum absolute atomic E-state index is 10.2. The molecule has 2 N–H and O–H groups in total. The number of amides is 1. The van der Waals surface area contributed by atoms with E-state index in [1.807, 2.05) is 0 Å². The third kappa shape index (κ3) is 3.66. The molecule has 1 atom stereocenters. The molecule has 0 rings (SSSR count). The maximum atomic E-state index is 10.2. The molecule has 0 aromatic heterocycles. The van der Waals surface area contributed by atoms with E-state index in [4.69, 9.17) is 5.11 Å². The zero-order chi connectivity index (χ0) is 7.28. The Morgan fingerprint density at radius 2 is 2.44 bits per heavy atom. The summed E-state index contributed by atoms with van der Waals surface area (Å²) in [7, 11) is 0. The highest BCUT2D eigenvalue weighted by Crippen LogP contribution is 1.73. The Balaban J connectivity index is 3.55. The minimum absolute atomic E-state index is 0.350. The number of hydrogen-bond acceptors (Lipinski definition) is 3. The van der Waals surface area contributed by atoms with Crippen molar-refractivity contribution in [1.29, 1.82) is 0 Å². The van der Waals surface area contributed by atoms with Gasteiger partial charge in [-0.3, -0.25) is 9.59 Å². The van der Waals surface area contributed by atoms with Crippen LogP contribution in [0.25, 0.3) is 0 Å². The van der Waals surface area contributed by atoms with Gasteiger partial charge in [-0.05, 0) is 0 Å². The van der Waals surface area contributed by atoms with Crippen molar-refractivity contribution < 1.29 is 14.7 Å². The van der Waals surface area contributed by atoms with Gasteiger partial charge in [-0.1, -0.05) is 0 Å². The highest BCUT2D eigenvalue weighted by atomic mass is 16.3. The van der Waals surface area contributed by atoms with Gasteiger partial charge in [0.25, 0.3) is 0 Å². The second-order valence-electron chi connectivity index (χ2n) is 1.55. The summed E-state index contributed by atoms with van der Waals surface area (Å²) in [5.74, 6) is -0.350. The zero-order valence-electron chi connectivity index (χ0n) is 5.05. The molecule has 0 aliphatic carbocycles. The van der Waals surface area contributed by atoms with Gasteiger partial charge < -0.3 is 10.4 Å². The van der Waals surface area contributed by atoms with E-state index in [0.717, 1.165) is 0 Å². The fraction of sp³-hybridized carbons (Fsp3) is 0.600. The molecule has 51 valence electrons. The van der Waals surface area contributed by atoms with Crippen molar-refractivity contribution in [3.8, 4) is 0 Å². The molecule has 0 saturated carbocycles. The molecule has 1 unspecified atom stereocenters. The maximum Gasteiger partial charge on any atom is 0.225 e. The van der Waals surface area contributed by atoms with E-state index >= 15 is 0 Å². The zero-order valence-corrected chi connectivity index (χ0v) is 5.05. The van der Waals surface area contributed by atoms with Crippen LogP contribution in [-0.4, -0.2) is 29.9 Å². The highest BCUT2D eigenvalue weighted by Gasteiger charge is 2.05. The molecule has 4 nitrogen and oxygen atoms in total. The molecular formula is C5H8NO3. The van der Waals surface area contributed by atoms with Gasteiger partial charge in [0.05, 0.1) is 6.61 Å². The van der Waals surface area contributed by atoms with E-state index in [-0.39, 0.29) is 5.91 Å². The Morgan fingerprint density at radius 1 is 1.89 bits per heavy atom. The van der Waals surface area contributed by atoms with Crippen LogP contribution < -0.4 is 5.32 Å². The Kier molecular flexibility index (Phi) is 3.62. The van der Waals surface area contributed by atoms with Crippen LogP contribution in [0.15, 0.2) is 0 Å². The topological polar surface area (TPSA) is 66.4 Å². The van der Waals surface area contributed by atoms with Gasteiger partial charge in [-0.2, -0.15) is 0 Å². The molecule has 0 spiro atoms. The first-order valence-corrected chi connectivity index (χ1v) is 2.46. The molecule has 0 aromatic carbocycles. The minimum atomic E-state index is -0.873. The van der Waals surface area contributed by atoms with Crippen LogP contribution >= 0.6 is 0 Å².